The van der Waals surface area contributed by atoms with E-state index in [1.54, 1.807) is 36.4 Å². The molecule has 0 bridgehead atoms. The molecule has 3 aromatic rings. The number of nitrogens with one attached hydrogen (secondary N) is 2. The summed E-state index contributed by atoms with van der Waals surface area (Å²) in [4.78, 5) is 20.6. The van der Waals surface area contributed by atoms with Crippen LogP contribution in [-0.2, 0) is 0 Å². The molecule has 130 valence electrons. The molecule has 1 aromatic heterocycles. The lowest BCUT2D eigenvalue weighted by molar-refractivity contribution is 0.102. The molecular formula is C18H13ClN4O3. The maximum atomic E-state index is 12.5. The Bertz CT molecular complexity index is 980. The molecule has 0 unspecified atom stereocenters. The second-order valence-corrected chi connectivity index (χ2v) is 5.88. The van der Waals surface area contributed by atoms with E-state index in [-0.39, 0.29) is 18.4 Å². The molecule has 0 radical (unpaired) electrons. The molecule has 4 rings (SSSR count). The quantitative estimate of drug-likeness (QED) is 0.727. The third-order valence-corrected chi connectivity index (χ3v) is 3.86. The summed E-state index contributed by atoms with van der Waals surface area (Å²) in [5.41, 5.74) is 1.57. The molecule has 0 aliphatic carbocycles. The second kappa shape index (κ2) is 6.89. The van der Waals surface area contributed by atoms with Gasteiger partial charge in [-0.15, -0.1) is 0 Å². The Labute approximate surface area is 154 Å². The summed E-state index contributed by atoms with van der Waals surface area (Å²) in [7, 11) is 0. The van der Waals surface area contributed by atoms with Crippen molar-refractivity contribution in [3.8, 4) is 11.5 Å². The zero-order valence-electron chi connectivity index (χ0n) is 13.4. The molecule has 2 heterocycles. The third-order valence-electron chi connectivity index (χ3n) is 3.63. The Hall–Kier alpha value is -3.32. The van der Waals surface area contributed by atoms with Crippen LogP contribution in [-0.4, -0.2) is 22.7 Å². The van der Waals surface area contributed by atoms with E-state index in [1.165, 1.54) is 6.33 Å². The van der Waals surface area contributed by atoms with Crippen molar-refractivity contribution in [1.29, 1.82) is 0 Å². The van der Waals surface area contributed by atoms with Gasteiger partial charge in [0.05, 0.1) is 0 Å². The fourth-order valence-electron chi connectivity index (χ4n) is 2.43. The van der Waals surface area contributed by atoms with Crippen LogP contribution in [0.1, 0.15) is 10.5 Å². The number of fused-ring (bicyclic) bond motifs is 1. The van der Waals surface area contributed by atoms with Gasteiger partial charge < -0.3 is 20.1 Å². The van der Waals surface area contributed by atoms with E-state index in [0.29, 0.717) is 28.0 Å². The zero-order chi connectivity index (χ0) is 17.9. The Kier molecular flexibility index (Phi) is 4.28. The minimum Gasteiger partial charge on any atom is -0.454 e. The van der Waals surface area contributed by atoms with Gasteiger partial charge in [-0.3, -0.25) is 4.79 Å². The lowest BCUT2D eigenvalue weighted by atomic mass is 10.2. The topological polar surface area (TPSA) is 85.4 Å². The third kappa shape index (κ3) is 3.52. The van der Waals surface area contributed by atoms with Crippen LogP contribution in [0.2, 0.25) is 5.02 Å². The highest BCUT2D eigenvalue weighted by Gasteiger charge is 2.15. The number of hydrogen-bond donors (Lipinski definition) is 2. The number of carbonyl (C=O) groups excluding carboxylic acids is 1. The summed E-state index contributed by atoms with van der Waals surface area (Å²) in [6.45, 7) is 0.178. The van der Waals surface area contributed by atoms with Crippen molar-refractivity contribution in [3.63, 3.8) is 0 Å². The van der Waals surface area contributed by atoms with Crippen LogP contribution in [0.25, 0.3) is 0 Å². The predicted molar refractivity (Wildman–Crippen MR) is 97.3 cm³/mol. The highest BCUT2D eigenvalue weighted by molar-refractivity contribution is 6.30. The van der Waals surface area contributed by atoms with Crippen LogP contribution in [0.4, 0.5) is 17.2 Å². The number of carbonyl (C=O) groups is 1. The molecule has 1 aliphatic rings. The molecule has 2 aromatic carbocycles. The molecule has 1 aliphatic heterocycles. The van der Waals surface area contributed by atoms with Gasteiger partial charge in [0.2, 0.25) is 6.79 Å². The smallest absolute Gasteiger partial charge is 0.274 e. The van der Waals surface area contributed by atoms with Crippen molar-refractivity contribution in [2.75, 3.05) is 17.4 Å². The fourth-order valence-corrected chi connectivity index (χ4v) is 2.62. The molecule has 0 saturated carbocycles. The standard InChI is InChI=1S/C18H13ClN4O3/c19-11-2-1-3-12(6-11)22-17-8-14(20-9-21-17)18(24)23-13-4-5-15-16(7-13)26-10-25-15/h1-9H,10H2,(H,23,24)(H,20,21,22). The molecular weight excluding hydrogens is 356 g/mol. The summed E-state index contributed by atoms with van der Waals surface area (Å²) in [5.74, 6) is 1.37. The van der Waals surface area contributed by atoms with Crippen molar-refractivity contribution in [2.24, 2.45) is 0 Å². The number of anilines is 3. The van der Waals surface area contributed by atoms with Crippen LogP contribution < -0.4 is 20.1 Å². The summed E-state index contributed by atoms with van der Waals surface area (Å²) < 4.78 is 10.6. The Balaban J connectivity index is 1.49. The van der Waals surface area contributed by atoms with Crippen LogP contribution in [0, 0.1) is 0 Å². The van der Waals surface area contributed by atoms with Gasteiger partial charge in [-0.2, -0.15) is 0 Å². The molecule has 8 heteroatoms. The maximum absolute atomic E-state index is 12.5. The van der Waals surface area contributed by atoms with Gasteiger partial charge in [-0.1, -0.05) is 17.7 Å². The number of nitrogens with zero attached hydrogens (tertiary/aromatic N) is 2. The van der Waals surface area contributed by atoms with Crippen LogP contribution in [0.5, 0.6) is 11.5 Å². The van der Waals surface area contributed by atoms with E-state index < -0.39 is 0 Å². The van der Waals surface area contributed by atoms with Crippen molar-refractivity contribution in [2.45, 2.75) is 0 Å². The maximum Gasteiger partial charge on any atom is 0.274 e. The second-order valence-electron chi connectivity index (χ2n) is 5.45. The average Bonchev–Trinajstić information content (AvgIpc) is 3.10. The monoisotopic (exact) mass is 368 g/mol. The first-order valence-corrected chi connectivity index (χ1v) is 8.11. The Morgan fingerprint density at radius 1 is 1.00 bits per heavy atom. The van der Waals surface area contributed by atoms with Crippen molar-refractivity contribution >= 4 is 34.7 Å². The first-order chi connectivity index (χ1) is 12.7. The zero-order valence-corrected chi connectivity index (χ0v) is 14.2. The molecule has 0 fully saturated rings. The minimum atomic E-state index is -0.361. The van der Waals surface area contributed by atoms with Gasteiger partial charge in [-0.25, -0.2) is 9.97 Å². The normalized spacial score (nSPS) is 11.9. The van der Waals surface area contributed by atoms with Crippen LogP contribution >= 0.6 is 11.6 Å². The summed E-state index contributed by atoms with van der Waals surface area (Å²) in [5, 5.41) is 6.46. The molecule has 1 amide bonds. The summed E-state index contributed by atoms with van der Waals surface area (Å²) in [6.07, 6.45) is 1.32. The largest absolute Gasteiger partial charge is 0.454 e. The number of benzene rings is 2. The molecule has 2 N–H and O–H groups in total. The number of halogens is 1. The SMILES string of the molecule is O=C(Nc1ccc2c(c1)OCO2)c1cc(Nc2cccc(Cl)c2)ncn1. The summed E-state index contributed by atoms with van der Waals surface area (Å²) in [6, 6.07) is 13.9. The lowest BCUT2D eigenvalue weighted by Crippen LogP contribution is -2.14. The van der Waals surface area contributed by atoms with E-state index >= 15 is 0 Å². The highest BCUT2D eigenvalue weighted by atomic mass is 35.5. The van der Waals surface area contributed by atoms with Gasteiger partial charge >= 0.3 is 0 Å². The van der Waals surface area contributed by atoms with E-state index in [0.717, 1.165) is 5.69 Å². The lowest BCUT2D eigenvalue weighted by Gasteiger charge is -2.08. The van der Waals surface area contributed by atoms with Gasteiger partial charge in [0.25, 0.3) is 5.91 Å². The van der Waals surface area contributed by atoms with Gasteiger partial charge in [-0.05, 0) is 30.3 Å². The predicted octanol–water partition coefficient (Wildman–Crippen LogP) is 3.85. The molecule has 0 saturated heterocycles. The van der Waals surface area contributed by atoms with Crippen molar-refractivity contribution in [1.82, 2.24) is 9.97 Å². The van der Waals surface area contributed by atoms with Gasteiger partial charge in [0.15, 0.2) is 11.5 Å². The average molecular weight is 369 g/mol. The molecule has 26 heavy (non-hydrogen) atoms. The first-order valence-electron chi connectivity index (χ1n) is 7.73. The number of rotatable bonds is 4. The number of ether oxygens (including phenoxy) is 2. The van der Waals surface area contributed by atoms with Crippen LogP contribution in [0.15, 0.2) is 54.9 Å². The van der Waals surface area contributed by atoms with Gasteiger partial charge in [0, 0.05) is 28.5 Å². The Morgan fingerprint density at radius 3 is 2.77 bits per heavy atom. The Morgan fingerprint density at radius 2 is 1.88 bits per heavy atom. The van der Waals surface area contributed by atoms with E-state index in [4.69, 9.17) is 21.1 Å². The van der Waals surface area contributed by atoms with E-state index in [1.807, 2.05) is 12.1 Å². The van der Waals surface area contributed by atoms with Crippen molar-refractivity contribution in [3.05, 3.63) is 65.6 Å². The van der Waals surface area contributed by atoms with Gasteiger partial charge in [0.1, 0.15) is 17.8 Å². The highest BCUT2D eigenvalue weighted by Crippen LogP contribution is 2.34. The number of amides is 1. The van der Waals surface area contributed by atoms with E-state index in [2.05, 4.69) is 20.6 Å². The van der Waals surface area contributed by atoms with E-state index in [9.17, 15) is 4.79 Å². The minimum absolute atomic E-state index is 0.178. The molecule has 0 spiro atoms. The van der Waals surface area contributed by atoms with Crippen LogP contribution in [0.3, 0.4) is 0 Å². The van der Waals surface area contributed by atoms with Crippen molar-refractivity contribution < 1.29 is 14.3 Å². The first kappa shape index (κ1) is 16.2. The number of hydrogen-bond acceptors (Lipinski definition) is 6. The molecule has 0 atom stereocenters. The number of aromatic nitrogens is 2. The summed E-state index contributed by atoms with van der Waals surface area (Å²) >= 11 is 5.97. The fraction of sp³-hybridized carbons (Fsp3) is 0.0556. The molecule has 7 nitrogen and oxygen atoms in total.